The van der Waals surface area contributed by atoms with Gasteiger partial charge in [-0.25, -0.2) is 0 Å². The largest absolute Gasteiger partial charge is 0.338 e. The Balaban J connectivity index is 0.00000180. The average molecular weight is 303 g/mol. The van der Waals surface area contributed by atoms with Crippen LogP contribution in [0, 0.1) is 12.3 Å². The molecule has 2 rings (SSSR count). The zero-order chi connectivity index (χ0) is 13.3. The molecule has 5 heteroatoms. The summed E-state index contributed by atoms with van der Waals surface area (Å²) in [7, 11) is 0. The standard InChI is InChI=1S/C14H19ClN2O.ClH/c1-10-7-11(3-4-12(10)15)13(18)17-6-5-14(2,8-16)9-17;/h3-4,7H,5-6,8-9,16H2,1-2H3;1H. The molecule has 1 aromatic rings. The van der Waals surface area contributed by atoms with Crippen LogP contribution < -0.4 is 5.73 Å². The van der Waals surface area contributed by atoms with Crippen molar-refractivity contribution in [2.24, 2.45) is 11.1 Å². The summed E-state index contributed by atoms with van der Waals surface area (Å²) in [5.74, 6) is 0.0759. The average Bonchev–Trinajstić information content (AvgIpc) is 2.75. The van der Waals surface area contributed by atoms with Gasteiger partial charge < -0.3 is 10.6 Å². The number of nitrogens with two attached hydrogens (primary N) is 1. The summed E-state index contributed by atoms with van der Waals surface area (Å²) in [5, 5.41) is 0.694. The van der Waals surface area contributed by atoms with Gasteiger partial charge >= 0.3 is 0 Å². The quantitative estimate of drug-likeness (QED) is 0.913. The lowest BCUT2D eigenvalue weighted by Gasteiger charge is -2.22. The number of halogens is 2. The van der Waals surface area contributed by atoms with Crippen molar-refractivity contribution in [2.45, 2.75) is 20.3 Å². The molecular formula is C14H20Cl2N2O. The number of carbonyl (C=O) groups excluding carboxylic acids is 1. The summed E-state index contributed by atoms with van der Waals surface area (Å²) in [6.45, 7) is 6.19. The second kappa shape index (κ2) is 6.12. The summed E-state index contributed by atoms with van der Waals surface area (Å²) < 4.78 is 0. The molecule has 1 amide bonds. The molecule has 1 aromatic carbocycles. The highest BCUT2D eigenvalue weighted by Crippen LogP contribution is 2.29. The van der Waals surface area contributed by atoms with Gasteiger partial charge in [0.05, 0.1) is 0 Å². The lowest BCUT2D eigenvalue weighted by Crippen LogP contribution is -2.34. The second-order valence-corrected chi connectivity index (χ2v) is 5.86. The smallest absolute Gasteiger partial charge is 0.253 e. The predicted molar refractivity (Wildman–Crippen MR) is 81.1 cm³/mol. The fraction of sp³-hybridized carbons (Fsp3) is 0.500. The molecule has 0 radical (unpaired) electrons. The first-order chi connectivity index (χ1) is 8.45. The first-order valence-corrected chi connectivity index (χ1v) is 6.58. The van der Waals surface area contributed by atoms with E-state index in [0.717, 1.165) is 25.1 Å². The van der Waals surface area contributed by atoms with Gasteiger partial charge in [-0.15, -0.1) is 12.4 Å². The molecule has 1 aliphatic heterocycles. The van der Waals surface area contributed by atoms with Crippen LogP contribution in [0.4, 0.5) is 0 Å². The van der Waals surface area contributed by atoms with E-state index in [9.17, 15) is 4.79 Å². The van der Waals surface area contributed by atoms with Gasteiger partial charge in [0.2, 0.25) is 0 Å². The number of likely N-dealkylation sites (tertiary alicyclic amines) is 1. The van der Waals surface area contributed by atoms with Gasteiger partial charge in [0.15, 0.2) is 0 Å². The maximum absolute atomic E-state index is 12.4. The summed E-state index contributed by atoms with van der Waals surface area (Å²) in [4.78, 5) is 14.2. The summed E-state index contributed by atoms with van der Waals surface area (Å²) >= 11 is 5.97. The highest BCUT2D eigenvalue weighted by Gasteiger charge is 2.35. The van der Waals surface area contributed by atoms with Gasteiger partial charge in [0, 0.05) is 23.7 Å². The molecule has 3 nitrogen and oxygen atoms in total. The van der Waals surface area contributed by atoms with Crippen molar-refractivity contribution in [1.82, 2.24) is 4.90 Å². The minimum absolute atomic E-state index is 0. The van der Waals surface area contributed by atoms with Crippen LogP contribution >= 0.6 is 24.0 Å². The number of rotatable bonds is 2. The maximum Gasteiger partial charge on any atom is 0.253 e. The van der Waals surface area contributed by atoms with Crippen molar-refractivity contribution in [2.75, 3.05) is 19.6 Å². The number of hydrogen-bond donors (Lipinski definition) is 1. The highest BCUT2D eigenvalue weighted by molar-refractivity contribution is 6.31. The Labute approximate surface area is 125 Å². The molecule has 1 atom stereocenters. The Hall–Kier alpha value is -0.770. The Morgan fingerprint density at radius 2 is 2.21 bits per heavy atom. The van der Waals surface area contributed by atoms with E-state index in [2.05, 4.69) is 6.92 Å². The third-order valence-corrected chi connectivity index (χ3v) is 4.17. The van der Waals surface area contributed by atoms with Crippen LogP contribution in [0.5, 0.6) is 0 Å². The van der Waals surface area contributed by atoms with Crippen molar-refractivity contribution in [3.8, 4) is 0 Å². The molecule has 1 aliphatic rings. The van der Waals surface area contributed by atoms with Gasteiger partial charge in [0.25, 0.3) is 5.91 Å². The third-order valence-electron chi connectivity index (χ3n) is 3.74. The summed E-state index contributed by atoms with van der Waals surface area (Å²) in [6.07, 6.45) is 0.974. The topological polar surface area (TPSA) is 46.3 Å². The van der Waals surface area contributed by atoms with Crippen molar-refractivity contribution in [1.29, 1.82) is 0 Å². The first kappa shape index (κ1) is 16.3. The van der Waals surface area contributed by atoms with E-state index in [1.54, 1.807) is 12.1 Å². The van der Waals surface area contributed by atoms with Crippen molar-refractivity contribution < 1.29 is 4.79 Å². The second-order valence-electron chi connectivity index (χ2n) is 5.46. The molecule has 0 saturated carbocycles. The van der Waals surface area contributed by atoms with Gasteiger partial charge in [-0.3, -0.25) is 4.79 Å². The van der Waals surface area contributed by atoms with E-state index < -0.39 is 0 Å². The van der Waals surface area contributed by atoms with Crippen LogP contribution in [-0.4, -0.2) is 30.4 Å². The number of benzene rings is 1. The van der Waals surface area contributed by atoms with Crippen LogP contribution in [0.2, 0.25) is 5.02 Å². The van der Waals surface area contributed by atoms with E-state index in [1.165, 1.54) is 0 Å². The Morgan fingerprint density at radius 3 is 2.74 bits per heavy atom. The fourth-order valence-electron chi connectivity index (χ4n) is 2.32. The van der Waals surface area contributed by atoms with Gasteiger partial charge in [-0.2, -0.15) is 0 Å². The SMILES string of the molecule is Cc1cc(C(=O)N2CCC(C)(CN)C2)ccc1Cl.Cl. The lowest BCUT2D eigenvalue weighted by atomic mass is 9.90. The zero-order valence-electron chi connectivity index (χ0n) is 11.3. The van der Waals surface area contributed by atoms with Crippen LogP contribution in [0.3, 0.4) is 0 Å². The van der Waals surface area contributed by atoms with Crippen molar-refractivity contribution in [3.63, 3.8) is 0 Å². The van der Waals surface area contributed by atoms with E-state index >= 15 is 0 Å². The molecular weight excluding hydrogens is 283 g/mol. The number of hydrogen-bond acceptors (Lipinski definition) is 2. The normalized spacial score (nSPS) is 22.2. The van der Waals surface area contributed by atoms with Gasteiger partial charge in [-0.05, 0) is 49.1 Å². The molecule has 0 aromatic heterocycles. The molecule has 1 heterocycles. The number of aryl methyl sites for hydroxylation is 1. The number of carbonyl (C=O) groups is 1. The monoisotopic (exact) mass is 302 g/mol. The highest BCUT2D eigenvalue weighted by atomic mass is 35.5. The van der Waals surface area contributed by atoms with Crippen LogP contribution in [-0.2, 0) is 0 Å². The predicted octanol–water partition coefficient (Wildman–Crippen LogP) is 2.88. The molecule has 1 unspecified atom stereocenters. The number of amides is 1. The molecule has 0 spiro atoms. The lowest BCUT2D eigenvalue weighted by molar-refractivity contribution is 0.0777. The van der Waals surface area contributed by atoms with E-state index in [-0.39, 0.29) is 23.7 Å². The molecule has 0 bridgehead atoms. The van der Waals surface area contributed by atoms with Gasteiger partial charge in [0.1, 0.15) is 0 Å². The van der Waals surface area contributed by atoms with Crippen LogP contribution in [0.15, 0.2) is 18.2 Å². The van der Waals surface area contributed by atoms with Crippen LogP contribution in [0.25, 0.3) is 0 Å². The van der Waals surface area contributed by atoms with Crippen molar-refractivity contribution in [3.05, 3.63) is 34.3 Å². The third kappa shape index (κ3) is 3.41. The minimum Gasteiger partial charge on any atom is -0.338 e. The van der Waals surface area contributed by atoms with Crippen LogP contribution in [0.1, 0.15) is 29.3 Å². The van der Waals surface area contributed by atoms with E-state index in [0.29, 0.717) is 17.1 Å². The van der Waals surface area contributed by atoms with Crippen molar-refractivity contribution >= 4 is 29.9 Å². The molecule has 1 fully saturated rings. The molecule has 19 heavy (non-hydrogen) atoms. The minimum atomic E-state index is 0. The molecule has 1 saturated heterocycles. The Kier molecular flexibility index (Phi) is 5.25. The van der Waals surface area contributed by atoms with E-state index in [4.69, 9.17) is 17.3 Å². The Morgan fingerprint density at radius 1 is 1.53 bits per heavy atom. The van der Waals surface area contributed by atoms with Gasteiger partial charge in [-0.1, -0.05) is 18.5 Å². The Bertz CT molecular complexity index is 479. The molecule has 0 aliphatic carbocycles. The fourth-order valence-corrected chi connectivity index (χ4v) is 2.44. The van der Waals surface area contributed by atoms with E-state index in [1.807, 2.05) is 17.9 Å². The summed E-state index contributed by atoms with van der Waals surface area (Å²) in [6, 6.07) is 5.42. The molecule has 2 N–H and O–H groups in total. The number of nitrogens with zero attached hydrogens (tertiary/aromatic N) is 1. The first-order valence-electron chi connectivity index (χ1n) is 6.21. The zero-order valence-corrected chi connectivity index (χ0v) is 12.9. The maximum atomic E-state index is 12.4. The molecule has 106 valence electrons. The summed E-state index contributed by atoms with van der Waals surface area (Å²) in [5.41, 5.74) is 7.46.